The normalized spacial score (nSPS) is 13.3. The number of benzene rings is 1. The van der Waals surface area contributed by atoms with E-state index in [4.69, 9.17) is 11.6 Å². The Kier molecular flexibility index (Phi) is 7.51. The van der Waals surface area contributed by atoms with E-state index in [2.05, 4.69) is 5.32 Å². The minimum atomic E-state index is -3.43. The Morgan fingerprint density at radius 3 is 2.52 bits per heavy atom. The number of carboxylic acids is 1. The molecule has 0 aliphatic carbocycles. The standard InChI is InChI=1S/C16H24ClNO4S/c1-4-23(21,22)15-12(6-5-7-14(15)17)9-18-10-13(16(19)20)8-11(2)3/h5-7,11,13,18H,4,8-10H2,1-3H3,(H,19,20). The maximum absolute atomic E-state index is 12.2. The minimum Gasteiger partial charge on any atom is -0.481 e. The van der Waals surface area contributed by atoms with Crippen molar-refractivity contribution in [3.8, 4) is 0 Å². The molecule has 23 heavy (non-hydrogen) atoms. The lowest BCUT2D eigenvalue weighted by atomic mass is 9.97. The Labute approximate surface area is 143 Å². The number of carboxylic acid groups (broad SMARTS) is 1. The molecule has 1 unspecified atom stereocenters. The molecular formula is C16H24ClNO4S. The fraction of sp³-hybridized carbons (Fsp3) is 0.562. The molecule has 0 spiro atoms. The van der Waals surface area contributed by atoms with Gasteiger partial charge in [0.1, 0.15) is 0 Å². The van der Waals surface area contributed by atoms with E-state index in [0.29, 0.717) is 12.0 Å². The topological polar surface area (TPSA) is 83.5 Å². The van der Waals surface area contributed by atoms with Gasteiger partial charge in [0.25, 0.3) is 0 Å². The summed E-state index contributed by atoms with van der Waals surface area (Å²) in [5, 5.41) is 12.5. The zero-order chi connectivity index (χ0) is 17.6. The van der Waals surface area contributed by atoms with E-state index < -0.39 is 21.7 Å². The zero-order valence-corrected chi connectivity index (χ0v) is 15.2. The van der Waals surface area contributed by atoms with E-state index in [0.717, 1.165) is 0 Å². The van der Waals surface area contributed by atoms with Crippen molar-refractivity contribution < 1.29 is 18.3 Å². The molecule has 1 rings (SSSR count). The molecule has 0 amide bonds. The van der Waals surface area contributed by atoms with Crippen LogP contribution < -0.4 is 5.32 Å². The first-order valence-electron chi connectivity index (χ1n) is 7.62. The van der Waals surface area contributed by atoms with Crippen LogP contribution in [0.3, 0.4) is 0 Å². The van der Waals surface area contributed by atoms with E-state index in [1.807, 2.05) is 13.8 Å². The van der Waals surface area contributed by atoms with Crippen molar-refractivity contribution in [3.05, 3.63) is 28.8 Å². The first-order valence-corrected chi connectivity index (χ1v) is 9.65. The highest BCUT2D eigenvalue weighted by Gasteiger charge is 2.21. The smallest absolute Gasteiger partial charge is 0.307 e. The lowest BCUT2D eigenvalue weighted by Crippen LogP contribution is -2.29. The van der Waals surface area contributed by atoms with Gasteiger partial charge >= 0.3 is 5.97 Å². The third kappa shape index (κ3) is 5.79. The molecule has 130 valence electrons. The van der Waals surface area contributed by atoms with Gasteiger partial charge in [-0.2, -0.15) is 0 Å². The van der Waals surface area contributed by atoms with Gasteiger partial charge in [0.2, 0.25) is 0 Å². The molecule has 0 fully saturated rings. The molecule has 0 aliphatic heterocycles. The Morgan fingerprint density at radius 2 is 2.00 bits per heavy atom. The maximum Gasteiger partial charge on any atom is 0.307 e. The van der Waals surface area contributed by atoms with Gasteiger partial charge in [-0.1, -0.05) is 44.5 Å². The monoisotopic (exact) mass is 361 g/mol. The number of halogens is 1. The van der Waals surface area contributed by atoms with Gasteiger partial charge in [-0.25, -0.2) is 8.42 Å². The molecule has 1 aromatic carbocycles. The number of rotatable bonds is 9. The molecule has 0 saturated carbocycles. The Morgan fingerprint density at radius 1 is 1.35 bits per heavy atom. The zero-order valence-electron chi connectivity index (χ0n) is 13.7. The minimum absolute atomic E-state index is 0.0329. The van der Waals surface area contributed by atoms with Crippen LogP contribution in [0.4, 0.5) is 0 Å². The fourth-order valence-corrected chi connectivity index (χ4v) is 4.15. The third-order valence-corrected chi connectivity index (χ3v) is 5.84. The molecule has 0 aliphatic rings. The number of aliphatic carboxylic acids is 1. The lowest BCUT2D eigenvalue weighted by Gasteiger charge is -2.17. The predicted octanol–water partition coefficient (Wildman–Crippen LogP) is 2.97. The molecule has 2 N–H and O–H groups in total. The molecule has 0 saturated heterocycles. The van der Waals surface area contributed by atoms with Crippen molar-refractivity contribution in [2.24, 2.45) is 11.8 Å². The van der Waals surface area contributed by atoms with Gasteiger partial charge in [-0.3, -0.25) is 4.79 Å². The first kappa shape index (κ1) is 19.9. The van der Waals surface area contributed by atoms with Crippen LogP contribution in [0.25, 0.3) is 0 Å². The summed E-state index contributed by atoms with van der Waals surface area (Å²) >= 11 is 6.05. The molecular weight excluding hydrogens is 338 g/mol. The number of hydrogen-bond acceptors (Lipinski definition) is 4. The molecule has 1 aromatic rings. The molecule has 7 heteroatoms. The van der Waals surface area contributed by atoms with Gasteiger partial charge in [-0.15, -0.1) is 0 Å². The van der Waals surface area contributed by atoms with Gasteiger partial charge in [0.05, 0.1) is 21.6 Å². The Balaban J connectivity index is 2.87. The molecule has 0 radical (unpaired) electrons. The second-order valence-electron chi connectivity index (χ2n) is 5.93. The van der Waals surface area contributed by atoms with Crippen molar-refractivity contribution in [1.29, 1.82) is 0 Å². The Bertz CT molecular complexity index is 643. The van der Waals surface area contributed by atoms with Crippen molar-refractivity contribution in [2.45, 2.75) is 38.6 Å². The van der Waals surface area contributed by atoms with E-state index in [1.165, 1.54) is 0 Å². The van der Waals surface area contributed by atoms with Crippen LogP contribution in [0.5, 0.6) is 0 Å². The summed E-state index contributed by atoms with van der Waals surface area (Å²) < 4.78 is 24.4. The summed E-state index contributed by atoms with van der Waals surface area (Å²) in [5.74, 6) is -1.10. The van der Waals surface area contributed by atoms with Crippen LogP contribution in [0.1, 0.15) is 32.8 Å². The molecule has 0 bridgehead atoms. The SMILES string of the molecule is CCS(=O)(=O)c1c(Cl)cccc1CNCC(CC(C)C)C(=O)O. The summed E-state index contributed by atoms with van der Waals surface area (Å²) in [4.78, 5) is 11.4. The van der Waals surface area contributed by atoms with E-state index in [-0.39, 0.29) is 34.7 Å². The second-order valence-corrected chi connectivity index (χ2v) is 8.55. The molecule has 5 nitrogen and oxygen atoms in total. The van der Waals surface area contributed by atoms with Gasteiger partial charge in [-0.05, 0) is 24.0 Å². The maximum atomic E-state index is 12.2. The van der Waals surface area contributed by atoms with Crippen molar-refractivity contribution in [2.75, 3.05) is 12.3 Å². The largest absolute Gasteiger partial charge is 0.481 e. The third-order valence-electron chi connectivity index (χ3n) is 3.55. The quantitative estimate of drug-likeness (QED) is 0.706. The van der Waals surface area contributed by atoms with Crippen LogP contribution in [-0.4, -0.2) is 31.8 Å². The van der Waals surface area contributed by atoms with Gasteiger partial charge < -0.3 is 10.4 Å². The molecule has 0 aromatic heterocycles. The van der Waals surface area contributed by atoms with E-state index >= 15 is 0 Å². The van der Waals surface area contributed by atoms with Gasteiger partial charge in [0, 0.05) is 13.1 Å². The summed E-state index contributed by atoms with van der Waals surface area (Å²) in [7, 11) is -3.43. The number of sulfone groups is 1. The highest BCUT2D eigenvalue weighted by Crippen LogP contribution is 2.26. The number of nitrogens with one attached hydrogen (secondary N) is 1. The van der Waals surface area contributed by atoms with Gasteiger partial charge in [0.15, 0.2) is 9.84 Å². The second kappa shape index (κ2) is 8.66. The number of hydrogen-bond donors (Lipinski definition) is 2. The van der Waals surface area contributed by atoms with Crippen LogP contribution in [0.2, 0.25) is 5.02 Å². The van der Waals surface area contributed by atoms with Crippen LogP contribution >= 0.6 is 11.6 Å². The predicted molar refractivity (Wildman–Crippen MR) is 91.5 cm³/mol. The first-order chi connectivity index (χ1) is 10.7. The highest BCUT2D eigenvalue weighted by atomic mass is 35.5. The Hall–Kier alpha value is -1.11. The summed E-state index contributed by atoms with van der Waals surface area (Å²) in [6.07, 6.45) is 0.567. The lowest BCUT2D eigenvalue weighted by molar-refractivity contribution is -0.142. The van der Waals surface area contributed by atoms with Crippen molar-refractivity contribution >= 4 is 27.4 Å². The highest BCUT2D eigenvalue weighted by molar-refractivity contribution is 7.91. The van der Waals surface area contributed by atoms with Crippen LogP contribution in [-0.2, 0) is 21.2 Å². The summed E-state index contributed by atoms with van der Waals surface area (Å²) in [6, 6.07) is 4.93. The van der Waals surface area contributed by atoms with Crippen LogP contribution in [0, 0.1) is 11.8 Å². The van der Waals surface area contributed by atoms with E-state index in [9.17, 15) is 18.3 Å². The average Bonchev–Trinajstić information content (AvgIpc) is 2.45. The van der Waals surface area contributed by atoms with Crippen molar-refractivity contribution in [1.82, 2.24) is 5.32 Å². The average molecular weight is 362 g/mol. The summed E-state index contributed by atoms with van der Waals surface area (Å²) in [5.41, 5.74) is 0.563. The summed E-state index contributed by atoms with van der Waals surface area (Å²) in [6.45, 7) is 6.05. The molecule has 1 atom stereocenters. The number of carbonyl (C=O) groups is 1. The molecule has 0 heterocycles. The van der Waals surface area contributed by atoms with Crippen LogP contribution in [0.15, 0.2) is 23.1 Å². The van der Waals surface area contributed by atoms with E-state index in [1.54, 1.807) is 25.1 Å². The fourth-order valence-electron chi connectivity index (χ4n) is 2.41. The van der Waals surface area contributed by atoms with Crippen molar-refractivity contribution in [3.63, 3.8) is 0 Å².